The minimum atomic E-state index is -0.0510. The molecule has 0 saturated carbocycles. The molecule has 1 aromatic carbocycles. The van der Waals surface area contributed by atoms with E-state index in [0.29, 0.717) is 18.7 Å². The summed E-state index contributed by atoms with van der Waals surface area (Å²) in [6, 6.07) is 7.36. The fourth-order valence-corrected chi connectivity index (χ4v) is 1.50. The maximum atomic E-state index is 11.7. The van der Waals surface area contributed by atoms with Gasteiger partial charge in [0.1, 0.15) is 6.33 Å². The predicted molar refractivity (Wildman–Crippen MR) is 66.3 cm³/mol. The molecule has 0 bridgehead atoms. The largest absolute Gasteiger partial charge is 0.324 e. The lowest BCUT2D eigenvalue weighted by Gasteiger charge is -2.09. The summed E-state index contributed by atoms with van der Waals surface area (Å²) in [5.41, 5.74) is 1.42. The molecule has 2 rings (SSSR count). The number of nitrogens with zero attached hydrogens (tertiary/aromatic N) is 4. The van der Waals surface area contributed by atoms with Crippen molar-refractivity contribution in [3.8, 4) is 5.69 Å². The number of hydrogen-bond acceptors (Lipinski definition) is 5. The van der Waals surface area contributed by atoms with Gasteiger partial charge in [-0.25, -0.2) is 0 Å². The highest BCUT2D eigenvalue weighted by atomic mass is 16.1. The van der Waals surface area contributed by atoms with E-state index in [4.69, 9.17) is 0 Å². The van der Waals surface area contributed by atoms with Crippen molar-refractivity contribution in [2.45, 2.75) is 6.42 Å². The van der Waals surface area contributed by atoms with Crippen LogP contribution in [-0.4, -0.2) is 39.7 Å². The summed E-state index contributed by atoms with van der Waals surface area (Å²) in [6.07, 6.45) is 1.90. The van der Waals surface area contributed by atoms with Crippen LogP contribution >= 0.6 is 0 Å². The van der Waals surface area contributed by atoms with E-state index in [9.17, 15) is 4.79 Å². The Labute approximate surface area is 104 Å². The molecular formula is C11H14N6O. The zero-order valence-electron chi connectivity index (χ0n) is 10.00. The second-order valence-electron chi connectivity index (χ2n) is 3.67. The number of amides is 1. The first-order chi connectivity index (χ1) is 8.81. The van der Waals surface area contributed by atoms with Crippen molar-refractivity contribution in [1.82, 2.24) is 25.5 Å². The van der Waals surface area contributed by atoms with Crippen molar-refractivity contribution in [3.05, 3.63) is 30.6 Å². The number of hydrogen-bond donors (Lipinski definition) is 2. The normalized spacial score (nSPS) is 10.3. The molecule has 0 aliphatic heterocycles. The number of tetrazole rings is 1. The third-order valence-electron chi connectivity index (χ3n) is 2.38. The summed E-state index contributed by atoms with van der Waals surface area (Å²) in [6.45, 7) is 0.638. The molecule has 0 aliphatic rings. The Hall–Kier alpha value is -2.28. The van der Waals surface area contributed by atoms with E-state index in [2.05, 4.69) is 26.2 Å². The van der Waals surface area contributed by atoms with Gasteiger partial charge < -0.3 is 10.6 Å². The first kappa shape index (κ1) is 12.2. The van der Waals surface area contributed by atoms with Crippen LogP contribution in [0.25, 0.3) is 5.69 Å². The molecule has 0 spiro atoms. The Morgan fingerprint density at radius 2 is 2.22 bits per heavy atom. The summed E-state index contributed by atoms with van der Waals surface area (Å²) >= 11 is 0. The lowest BCUT2D eigenvalue weighted by Crippen LogP contribution is -2.19. The van der Waals surface area contributed by atoms with Crippen LogP contribution in [0.3, 0.4) is 0 Å². The molecule has 0 fully saturated rings. The average Bonchev–Trinajstić information content (AvgIpc) is 2.91. The highest BCUT2D eigenvalue weighted by Gasteiger charge is 2.08. The molecule has 0 radical (unpaired) electrons. The van der Waals surface area contributed by atoms with Crippen LogP contribution in [0, 0.1) is 0 Å². The average molecular weight is 246 g/mol. The lowest BCUT2D eigenvalue weighted by molar-refractivity contribution is -0.116. The van der Waals surface area contributed by atoms with Crippen LogP contribution in [-0.2, 0) is 4.79 Å². The minimum absolute atomic E-state index is 0.0510. The molecule has 7 nitrogen and oxygen atoms in total. The molecule has 2 aromatic rings. The van der Waals surface area contributed by atoms with Gasteiger partial charge in [-0.05, 0) is 29.6 Å². The Morgan fingerprint density at radius 1 is 1.39 bits per heavy atom. The van der Waals surface area contributed by atoms with Crippen LogP contribution < -0.4 is 10.6 Å². The molecule has 0 aliphatic carbocycles. The summed E-state index contributed by atoms with van der Waals surface area (Å²) < 4.78 is 1.51. The number of rotatable bonds is 5. The Balaban J connectivity index is 2.16. The van der Waals surface area contributed by atoms with Crippen molar-refractivity contribution >= 4 is 11.6 Å². The van der Waals surface area contributed by atoms with E-state index in [1.54, 1.807) is 0 Å². The Kier molecular flexibility index (Phi) is 3.98. The maximum Gasteiger partial charge on any atom is 0.225 e. The van der Waals surface area contributed by atoms with Crippen molar-refractivity contribution in [2.24, 2.45) is 0 Å². The molecular weight excluding hydrogens is 232 g/mol. The zero-order valence-corrected chi connectivity index (χ0v) is 10.00. The molecule has 7 heteroatoms. The van der Waals surface area contributed by atoms with Gasteiger partial charge in [0, 0.05) is 13.0 Å². The highest BCUT2D eigenvalue weighted by molar-refractivity contribution is 5.92. The molecule has 2 N–H and O–H groups in total. The number of para-hydroxylation sites is 2. The fraction of sp³-hybridized carbons (Fsp3) is 0.273. The maximum absolute atomic E-state index is 11.7. The van der Waals surface area contributed by atoms with E-state index in [1.165, 1.54) is 11.0 Å². The van der Waals surface area contributed by atoms with Crippen LogP contribution in [0.4, 0.5) is 5.69 Å². The summed E-state index contributed by atoms with van der Waals surface area (Å²) in [7, 11) is 1.81. The number of carbonyl (C=O) groups excluding carboxylic acids is 1. The number of benzene rings is 1. The summed E-state index contributed by atoms with van der Waals surface area (Å²) in [5.74, 6) is -0.0510. The van der Waals surface area contributed by atoms with Crippen LogP contribution in [0.5, 0.6) is 0 Å². The van der Waals surface area contributed by atoms with Gasteiger partial charge in [0.05, 0.1) is 11.4 Å². The first-order valence-corrected chi connectivity index (χ1v) is 5.58. The summed E-state index contributed by atoms with van der Waals surface area (Å²) in [5, 5.41) is 16.7. The van der Waals surface area contributed by atoms with Crippen molar-refractivity contribution in [2.75, 3.05) is 18.9 Å². The molecule has 1 amide bonds. The quantitative estimate of drug-likeness (QED) is 0.787. The third kappa shape index (κ3) is 2.89. The Bertz CT molecular complexity index is 510. The van der Waals surface area contributed by atoms with Gasteiger partial charge in [-0.2, -0.15) is 4.68 Å². The first-order valence-electron chi connectivity index (χ1n) is 5.58. The second-order valence-corrected chi connectivity index (χ2v) is 3.67. The second kappa shape index (κ2) is 5.87. The van der Waals surface area contributed by atoms with Gasteiger partial charge >= 0.3 is 0 Å². The van der Waals surface area contributed by atoms with Gasteiger partial charge in [0.15, 0.2) is 0 Å². The summed E-state index contributed by atoms with van der Waals surface area (Å²) in [4.78, 5) is 11.7. The van der Waals surface area contributed by atoms with Crippen molar-refractivity contribution in [1.29, 1.82) is 0 Å². The van der Waals surface area contributed by atoms with E-state index in [0.717, 1.165) is 5.69 Å². The standard InChI is InChI=1S/C11H14N6O/c1-12-7-6-11(18)14-9-4-2-3-5-10(9)17-8-13-15-16-17/h2-5,8,12H,6-7H2,1H3,(H,14,18). The molecule has 0 unspecified atom stereocenters. The zero-order chi connectivity index (χ0) is 12.8. The van der Waals surface area contributed by atoms with Crippen LogP contribution in [0.2, 0.25) is 0 Å². The van der Waals surface area contributed by atoms with Crippen molar-refractivity contribution < 1.29 is 4.79 Å². The number of carbonyl (C=O) groups is 1. The molecule has 0 saturated heterocycles. The lowest BCUT2D eigenvalue weighted by atomic mass is 10.2. The van der Waals surface area contributed by atoms with E-state index in [1.807, 2.05) is 31.3 Å². The van der Waals surface area contributed by atoms with E-state index in [-0.39, 0.29) is 5.91 Å². The third-order valence-corrected chi connectivity index (χ3v) is 2.38. The fourth-order valence-electron chi connectivity index (χ4n) is 1.50. The monoisotopic (exact) mass is 246 g/mol. The van der Waals surface area contributed by atoms with Gasteiger partial charge in [-0.1, -0.05) is 12.1 Å². The minimum Gasteiger partial charge on any atom is -0.324 e. The Morgan fingerprint density at radius 3 is 2.94 bits per heavy atom. The van der Waals surface area contributed by atoms with Crippen LogP contribution in [0.15, 0.2) is 30.6 Å². The van der Waals surface area contributed by atoms with Crippen LogP contribution in [0.1, 0.15) is 6.42 Å². The molecule has 1 heterocycles. The van der Waals surface area contributed by atoms with Gasteiger partial charge in [0.25, 0.3) is 0 Å². The molecule has 94 valence electrons. The number of aromatic nitrogens is 4. The SMILES string of the molecule is CNCCC(=O)Nc1ccccc1-n1cnnn1. The van der Waals surface area contributed by atoms with Gasteiger partial charge in [-0.15, -0.1) is 5.10 Å². The number of nitrogens with one attached hydrogen (secondary N) is 2. The van der Waals surface area contributed by atoms with Gasteiger partial charge in [-0.3, -0.25) is 4.79 Å². The smallest absolute Gasteiger partial charge is 0.225 e. The number of anilines is 1. The van der Waals surface area contributed by atoms with E-state index >= 15 is 0 Å². The van der Waals surface area contributed by atoms with E-state index < -0.39 is 0 Å². The molecule has 0 atom stereocenters. The molecule has 1 aromatic heterocycles. The van der Waals surface area contributed by atoms with Gasteiger partial charge in [0.2, 0.25) is 5.91 Å². The highest BCUT2D eigenvalue weighted by Crippen LogP contribution is 2.18. The predicted octanol–water partition coefficient (Wildman–Crippen LogP) is 0.210. The van der Waals surface area contributed by atoms with Crippen molar-refractivity contribution in [3.63, 3.8) is 0 Å². The molecule has 18 heavy (non-hydrogen) atoms. The topological polar surface area (TPSA) is 84.7 Å².